The van der Waals surface area contributed by atoms with E-state index in [0.29, 0.717) is 0 Å². The zero-order valence-corrected chi connectivity index (χ0v) is 17.6. The Bertz CT molecular complexity index is 950. The summed E-state index contributed by atoms with van der Waals surface area (Å²) in [6.07, 6.45) is 0. The van der Waals surface area contributed by atoms with E-state index in [0.717, 1.165) is 11.5 Å². The molecular weight excluding hydrogens is 400 g/mol. The molecule has 0 aliphatic carbocycles. The Labute approximate surface area is 176 Å². The van der Waals surface area contributed by atoms with Crippen LogP contribution in [0, 0.1) is 0 Å². The first kappa shape index (κ1) is 19.1. The third-order valence-electron chi connectivity index (χ3n) is 3.83. The zero-order valence-electron chi connectivity index (χ0n) is 15.1. The van der Waals surface area contributed by atoms with Crippen LogP contribution >= 0.6 is 21.6 Å². The predicted molar refractivity (Wildman–Crippen MR) is 123 cm³/mol. The van der Waals surface area contributed by atoms with Gasteiger partial charge in [0.05, 0.1) is 9.79 Å². The molecule has 1 nitrogen and oxygen atoms in total. The summed E-state index contributed by atoms with van der Waals surface area (Å²) in [5.41, 5.74) is 0. The number of ether oxygens (including phenoxy) is 1. The molecule has 0 fully saturated rings. The highest BCUT2D eigenvalue weighted by Gasteiger charge is 2.32. The maximum atomic E-state index is 6.25. The van der Waals surface area contributed by atoms with E-state index >= 15 is 0 Å². The van der Waals surface area contributed by atoms with Crippen molar-refractivity contribution in [3.63, 3.8) is 0 Å². The highest BCUT2D eigenvalue weighted by molar-refractivity contribution is 9.06. The van der Waals surface area contributed by atoms with Crippen LogP contribution in [-0.4, -0.2) is 0 Å². The van der Waals surface area contributed by atoms with Gasteiger partial charge in [-0.25, -0.2) is 0 Å². The molecule has 28 heavy (non-hydrogen) atoms. The van der Waals surface area contributed by atoms with Gasteiger partial charge < -0.3 is 4.74 Å². The van der Waals surface area contributed by atoms with Crippen molar-refractivity contribution in [3.8, 4) is 11.5 Å². The van der Waals surface area contributed by atoms with Gasteiger partial charge in [-0.2, -0.15) is 0 Å². The first-order valence-corrected chi connectivity index (χ1v) is 12.8. The molecule has 0 saturated heterocycles. The van der Waals surface area contributed by atoms with Crippen LogP contribution < -0.4 is 4.74 Å². The average Bonchev–Trinajstić information content (AvgIpc) is 2.76. The Kier molecular flexibility index (Phi) is 6.66. The standard InChI is InChI=1S/C24H19OS3/c1-4-12-20(13-5-1)25-23-18-10-11-19-24(23)28(26-21-14-6-2-7-15-21)27-22-16-8-3-9-17-22/h1-19H/q+1. The van der Waals surface area contributed by atoms with E-state index in [1.165, 1.54) is 14.7 Å². The highest BCUT2D eigenvalue weighted by atomic mass is 33.5. The van der Waals surface area contributed by atoms with Crippen LogP contribution in [0.5, 0.6) is 11.5 Å². The van der Waals surface area contributed by atoms with Gasteiger partial charge in [0.25, 0.3) is 0 Å². The van der Waals surface area contributed by atoms with Crippen molar-refractivity contribution in [1.82, 2.24) is 0 Å². The molecule has 0 aromatic heterocycles. The van der Waals surface area contributed by atoms with Gasteiger partial charge in [-0.1, -0.05) is 66.7 Å². The minimum Gasteiger partial charge on any atom is -0.452 e. The Balaban J connectivity index is 1.67. The van der Waals surface area contributed by atoms with Crippen LogP contribution in [0.25, 0.3) is 0 Å². The fourth-order valence-electron chi connectivity index (χ4n) is 2.52. The highest BCUT2D eigenvalue weighted by Crippen LogP contribution is 2.48. The normalized spacial score (nSPS) is 10.8. The molecule has 0 aliphatic heterocycles. The van der Waals surface area contributed by atoms with E-state index in [4.69, 9.17) is 4.74 Å². The fourth-order valence-corrected chi connectivity index (χ4v) is 8.99. The summed E-state index contributed by atoms with van der Waals surface area (Å²) in [6.45, 7) is 0. The lowest BCUT2D eigenvalue weighted by Crippen LogP contribution is -1.96. The second-order valence-electron chi connectivity index (χ2n) is 5.89. The van der Waals surface area contributed by atoms with Crippen LogP contribution in [0.15, 0.2) is 130 Å². The van der Waals surface area contributed by atoms with Gasteiger partial charge in [0.1, 0.15) is 27.3 Å². The summed E-state index contributed by atoms with van der Waals surface area (Å²) in [5.74, 6) is 1.76. The second-order valence-corrected chi connectivity index (χ2v) is 11.7. The number of rotatable bonds is 7. The van der Waals surface area contributed by atoms with Crippen molar-refractivity contribution in [3.05, 3.63) is 115 Å². The zero-order chi connectivity index (χ0) is 19.0. The first-order valence-electron chi connectivity index (χ1n) is 8.91. The van der Waals surface area contributed by atoms with Crippen molar-refractivity contribution in [2.24, 2.45) is 0 Å². The lowest BCUT2D eigenvalue weighted by molar-refractivity contribution is 0.471. The quantitative estimate of drug-likeness (QED) is 0.223. The lowest BCUT2D eigenvalue weighted by Gasteiger charge is -2.10. The van der Waals surface area contributed by atoms with Crippen molar-refractivity contribution in [2.45, 2.75) is 14.7 Å². The lowest BCUT2D eigenvalue weighted by atomic mass is 10.3. The number of hydrogen-bond donors (Lipinski definition) is 0. The SMILES string of the molecule is c1ccc(Oc2ccccc2[S+](Sc2ccccc2)Sc2ccccc2)cc1. The van der Waals surface area contributed by atoms with E-state index in [1.807, 2.05) is 58.0 Å². The van der Waals surface area contributed by atoms with Gasteiger partial charge in [0.2, 0.25) is 4.90 Å². The molecule has 0 atom stereocenters. The molecule has 0 unspecified atom stereocenters. The van der Waals surface area contributed by atoms with E-state index in [2.05, 4.69) is 78.9 Å². The molecule has 0 amide bonds. The van der Waals surface area contributed by atoms with E-state index in [9.17, 15) is 0 Å². The Morgan fingerprint density at radius 1 is 0.500 bits per heavy atom. The molecule has 0 saturated carbocycles. The number of hydrogen-bond acceptors (Lipinski definition) is 3. The monoisotopic (exact) mass is 419 g/mol. The van der Waals surface area contributed by atoms with Crippen LogP contribution in [0.1, 0.15) is 0 Å². The summed E-state index contributed by atoms with van der Waals surface area (Å²) in [5, 5.41) is 0. The topological polar surface area (TPSA) is 9.23 Å². The molecule has 4 aromatic carbocycles. The molecule has 4 aromatic rings. The molecule has 0 spiro atoms. The molecule has 138 valence electrons. The van der Waals surface area contributed by atoms with Crippen molar-refractivity contribution in [1.29, 1.82) is 0 Å². The molecule has 0 N–H and O–H groups in total. The van der Waals surface area contributed by atoms with E-state index in [-0.39, 0.29) is 8.96 Å². The van der Waals surface area contributed by atoms with Gasteiger partial charge in [-0.15, -0.1) is 0 Å². The van der Waals surface area contributed by atoms with E-state index < -0.39 is 0 Å². The van der Waals surface area contributed by atoms with Gasteiger partial charge in [-0.3, -0.25) is 0 Å². The summed E-state index contributed by atoms with van der Waals surface area (Å²) < 4.78 is 6.25. The van der Waals surface area contributed by atoms with Gasteiger partial charge in [0.15, 0.2) is 14.7 Å². The van der Waals surface area contributed by atoms with Crippen LogP contribution in [-0.2, 0) is 8.96 Å². The predicted octanol–water partition coefficient (Wildman–Crippen LogP) is 7.87. The average molecular weight is 420 g/mol. The fraction of sp³-hybridized carbons (Fsp3) is 0. The summed E-state index contributed by atoms with van der Waals surface area (Å²) in [7, 11) is 3.58. The van der Waals surface area contributed by atoms with Gasteiger partial charge in [-0.05, 0) is 48.5 Å². The minimum absolute atomic E-state index is 0.167. The Morgan fingerprint density at radius 2 is 0.964 bits per heavy atom. The number of para-hydroxylation sites is 2. The summed E-state index contributed by atoms with van der Waals surface area (Å²) >= 11 is 0. The molecular formula is C24H19OS3+. The van der Waals surface area contributed by atoms with Gasteiger partial charge >= 0.3 is 0 Å². The number of benzene rings is 4. The van der Waals surface area contributed by atoms with E-state index in [1.54, 1.807) is 0 Å². The molecule has 4 rings (SSSR count). The second kappa shape index (κ2) is 9.78. The Morgan fingerprint density at radius 3 is 1.54 bits per heavy atom. The summed E-state index contributed by atoms with van der Waals surface area (Å²) in [4.78, 5) is 3.71. The van der Waals surface area contributed by atoms with Gasteiger partial charge in [0, 0.05) is 0 Å². The first-order chi connectivity index (χ1) is 13.9. The summed E-state index contributed by atoms with van der Waals surface area (Å²) in [6, 6.07) is 39.4. The van der Waals surface area contributed by atoms with Crippen molar-refractivity contribution in [2.75, 3.05) is 0 Å². The van der Waals surface area contributed by atoms with Crippen molar-refractivity contribution >= 4 is 30.5 Å². The third-order valence-corrected chi connectivity index (χ3v) is 10.1. The molecule has 0 radical (unpaired) electrons. The maximum Gasteiger partial charge on any atom is 0.224 e. The minimum atomic E-state index is -0.167. The van der Waals surface area contributed by atoms with Crippen molar-refractivity contribution < 1.29 is 4.74 Å². The van der Waals surface area contributed by atoms with Crippen LogP contribution in [0.4, 0.5) is 0 Å². The largest absolute Gasteiger partial charge is 0.452 e. The smallest absolute Gasteiger partial charge is 0.224 e. The maximum absolute atomic E-state index is 6.25. The molecule has 4 heteroatoms. The van der Waals surface area contributed by atoms with Crippen LogP contribution in [0.3, 0.4) is 0 Å². The molecule has 0 heterocycles. The Hall–Kier alpha value is -2.27. The van der Waals surface area contributed by atoms with Crippen LogP contribution in [0.2, 0.25) is 0 Å². The molecule has 0 bridgehead atoms. The molecule has 0 aliphatic rings. The third kappa shape index (κ3) is 5.16.